The first-order valence-corrected chi connectivity index (χ1v) is 4.92. The van der Waals surface area contributed by atoms with Crippen LogP contribution in [-0.4, -0.2) is 20.2 Å². The van der Waals surface area contributed by atoms with Crippen molar-refractivity contribution in [3.8, 4) is 0 Å². The Labute approximate surface area is 92.3 Å². The lowest BCUT2D eigenvalue weighted by molar-refractivity contribution is 0.598. The van der Waals surface area contributed by atoms with Gasteiger partial charge in [0.05, 0.1) is 6.04 Å². The van der Waals surface area contributed by atoms with Gasteiger partial charge < -0.3 is 5.32 Å². The van der Waals surface area contributed by atoms with Crippen molar-refractivity contribution in [2.45, 2.75) is 13.0 Å². The molecule has 0 aliphatic carbocycles. The molecule has 1 aromatic heterocycles. The van der Waals surface area contributed by atoms with E-state index in [4.69, 9.17) is 0 Å². The third kappa shape index (κ3) is 2.00. The predicted molar refractivity (Wildman–Crippen MR) is 57.2 cm³/mol. The van der Waals surface area contributed by atoms with Crippen molar-refractivity contribution in [3.05, 3.63) is 35.6 Å². The Morgan fingerprint density at radius 2 is 2.12 bits per heavy atom. The first-order valence-electron chi connectivity index (χ1n) is 4.92. The first-order chi connectivity index (χ1) is 7.68. The van der Waals surface area contributed by atoms with Crippen molar-refractivity contribution in [2.75, 3.05) is 5.32 Å². The average Bonchev–Trinajstić information content (AvgIpc) is 2.65. The fourth-order valence-electron chi connectivity index (χ4n) is 1.45. The van der Waals surface area contributed by atoms with Gasteiger partial charge in [-0.15, -0.1) is 0 Å². The molecule has 0 radical (unpaired) electrons. The normalized spacial score (nSPS) is 12.4. The van der Waals surface area contributed by atoms with Crippen molar-refractivity contribution in [2.24, 2.45) is 7.05 Å². The van der Waals surface area contributed by atoms with E-state index < -0.39 is 0 Å². The number of hydrogen-bond donors (Lipinski definition) is 1. The zero-order valence-corrected chi connectivity index (χ0v) is 9.05. The maximum Gasteiger partial charge on any atom is 0.243 e. The molecule has 0 spiro atoms. The molecular formula is C10H12FN5. The highest BCUT2D eigenvalue weighted by atomic mass is 19.1. The number of tetrazole rings is 1. The zero-order valence-electron chi connectivity index (χ0n) is 9.05. The molecule has 0 aliphatic heterocycles. The molecule has 1 unspecified atom stereocenters. The van der Waals surface area contributed by atoms with Gasteiger partial charge in [-0.1, -0.05) is 23.3 Å². The Bertz CT molecular complexity index is 482. The van der Waals surface area contributed by atoms with Crippen LogP contribution in [0.1, 0.15) is 18.5 Å². The molecule has 5 nitrogen and oxygen atoms in total. The Balaban J connectivity index is 2.18. The second-order valence-corrected chi connectivity index (χ2v) is 3.51. The molecule has 16 heavy (non-hydrogen) atoms. The van der Waals surface area contributed by atoms with E-state index in [2.05, 4.69) is 20.8 Å². The summed E-state index contributed by atoms with van der Waals surface area (Å²) in [7, 11) is 1.72. The SMILES string of the molecule is CC(Nc1nnnn1C)c1ccccc1F. The quantitative estimate of drug-likeness (QED) is 0.853. The second-order valence-electron chi connectivity index (χ2n) is 3.51. The summed E-state index contributed by atoms with van der Waals surface area (Å²) in [5.74, 6) is 0.272. The highest BCUT2D eigenvalue weighted by molar-refractivity contribution is 5.31. The number of aryl methyl sites for hydroxylation is 1. The van der Waals surface area contributed by atoms with Crippen molar-refractivity contribution >= 4 is 5.95 Å². The maximum absolute atomic E-state index is 13.5. The number of anilines is 1. The lowest BCUT2D eigenvalue weighted by Crippen LogP contribution is -2.12. The fraction of sp³-hybridized carbons (Fsp3) is 0.300. The van der Waals surface area contributed by atoms with Crippen molar-refractivity contribution < 1.29 is 4.39 Å². The minimum absolute atomic E-state index is 0.189. The molecule has 0 saturated carbocycles. The van der Waals surface area contributed by atoms with Crippen molar-refractivity contribution in [1.29, 1.82) is 0 Å². The zero-order chi connectivity index (χ0) is 11.5. The molecule has 6 heteroatoms. The summed E-state index contributed by atoms with van der Waals surface area (Å²) in [5, 5.41) is 14.0. The van der Waals surface area contributed by atoms with Gasteiger partial charge in [0.15, 0.2) is 0 Å². The summed E-state index contributed by atoms with van der Waals surface area (Å²) < 4.78 is 15.0. The van der Waals surface area contributed by atoms with E-state index in [1.54, 1.807) is 25.2 Å². The fourth-order valence-corrected chi connectivity index (χ4v) is 1.45. The molecule has 1 heterocycles. The lowest BCUT2D eigenvalue weighted by atomic mass is 10.1. The highest BCUT2D eigenvalue weighted by Crippen LogP contribution is 2.19. The van der Waals surface area contributed by atoms with E-state index >= 15 is 0 Å². The van der Waals surface area contributed by atoms with Crippen LogP contribution < -0.4 is 5.32 Å². The number of aromatic nitrogens is 4. The van der Waals surface area contributed by atoms with Crippen LogP contribution in [0, 0.1) is 5.82 Å². The molecule has 0 aliphatic rings. The molecular weight excluding hydrogens is 209 g/mol. The number of halogens is 1. The summed E-state index contributed by atoms with van der Waals surface area (Å²) in [6, 6.07) is 6.44. The van der Waals surface area contributed by atoms with Crippen LogP contribution in [0.4, 0.5) is 10.3 Å². The standard InChI is InChI=1S/C10H12FN5/c1-7(8-5-3-4-6-9(8)11)12-10-13-14-15-16(10)2/h3-7H,1-2H3,(H,12,13,15). The summed E-state index contributed by atoms with van der Waals surface area (Å²) >= 11 is 0. The van der Waals surface area contributed by atoms with Crippen molar-refractivity contribution in [3.63, 3.8) is 0 Å². The molecule has 0 saturated heterocycles. The van der Waals surface area contributed by atoms with Crippen molar-refractivity contribution in [1.82, 2.24) is 20.2 Å². The van der Waals surface area contributed by atoms with Crippen LogP contribution in [0.3, 0.4) is 0 Å². The van der Waals surface area contributed by atoms with Gasteiger partial charge in [-0.25, -0.2) is 9.07 Å². The Morgan fingerprint density at radius 3 is 2.75 bits per heavy atom. The van der Waals surface area contributed by atoms with E-state index in [-0.39, 0.29) is 11.9 Å². The van der Waals surface area contributed by atoms with Crippen LogP contribution >= 0.6 is 0 Å². The third-order valence-corrected chi connectivity index (χ3v) is 2.34. The van der Waals surface area contributed by atoms with Gasteiger partial charge in [-0.3, -0.25) is 0 Å². The Morgan fingerprint density at radius 1 is 1.38 bits per heavy atom. The molecule has 2 aromatic rings. The van der Waals surface area contributed by atoms with Gasteiger partial charge in [-0.2, -0.15) is 0 Å². The summed E-state index contributed by atoms with van der Waals surface area (Å²) in [5.41, 5.74) is 0.588. The molecule has 2 rings (SSSR count). The Hall–Kier alpha value is -1.98. The Kier molecular flexibility index (Phi) is 2.80. The van der Waals surface area contributed by atoms with E-state index in [9.17, 15) is 4.39 Å². The predicted octanol–water partition coefficient (Wildman–Crippen LogP) is 1.52. The first kappa shape index (κ1) is 10.5. The minimum atomic E-state index is -0.238. The molecule has 1 atom stereocenters. The van der Waals surface area contributed by atoms with Gasteiger partial charge in [0, 0.05) is 12.6 Å². The van der Waals surface area contributed by atoms with Gasteiger partial charge in [0.2, 0.25) is 5.95 Å². The number of rotatable bonds is 3. The number of nitrogens with one attached hydrogen (secondary N) is 1. The summed E-state index contributed by atoms with van der Waals surface area (Å²) in [6.07, 6.45) is 0. The van der Waals surface area contributed by atoms with Crippen LogP contribution in [-0.2, 0) is 7.05 Å². The highest BCUT2D eigenvalue weighted by Gasteiger charge is 2.12. The smallest absolute Gasteiger partial charge is 0.243 e. The number of benzene rings is 1. The number of nitrogens with zero attached hydrogens (tertiary/aromatic N) is 4. The molecule has 0 bridgehead atoms. The molecule has 84 valence electrons. The average molecular weight is 221 g/mol. The molecule has 1 aromatic carbocycles. The van der Waals surface area contributed by atoms with Crippen LogP contribution in [0.2, 0.25) is 0 Å². The van der Waals surface area contributed by atoms with E-state index in [1.807, 2.05) is 6.92 Å². The third-order valence-electron chi connectivity index (χ3n) is 2.34. The van der Waals surface area contributed by atoms with Crippen LogP contribution in [0.5, 0.6) is 0 Å². The van der Waals surface area contributed by atoms with Gasteiger partial charge in [-0.05, 0) is 23.4 Å². The summed E-state index contributed by atoms with van der Waals surface area (Å²) in [6.45, 7) is 1.85. The minimum Gasteiger partial charge on any atom is -0.346 e. The van der Waals surface area contributed by atoms with Gasteiger partial charge in [0.25, 0.3) is 0 Å². The topological polar surface area (TPSA) is 55.6 Å². The van der Waals surface area contributed by atoms with E-state index in [1.165, 1.54) is 10.7 Å². The van der Waals surface area contributed by atoms with Crippen LogP contribution in [0.15, 0.2) is 24.3 Å². The second kappa shape index (κ2) is 4.26. The summed E-state index contributed by atoms with van der Waals surface area (Å²) in [4.78, 5) is 0. The van der Waals surface area contributed by atoms with Gasteiger partial charge >= 0.3 is 0 Å². The van der Waals surface area contributed by atoms with E-state index in [0.717, 1.165) is 0 Å². The largest absolute Gasteiger partial charge is 0.346 e. The van der Waals surface area contributed by atoms with Gasteiger partial charge in [0.1, 0.15) is 5.82 Å². The van der Waals surface area contributed by atoms with E-state index in [0.29, 0.717) is 11.5 Å². The lowest BCUT2D eigenvalue weighted by Gasteiger charge is -2.14. The number of hydrogen-bond acceptors (Lipinski definition) is 4. The maximum atomic E-state index is 13.5. The molecule has 0 fully saturated rings. The molecule has 1 N–H and O–H groups in total. The molecule has 0 amide bonds. The monoisotopic (exact) mass is 221 g/mol. The van der Waals surface area contributed by atoms with Crippen LogP contribution in [0.25, 0.3) is 0 Å².